The van der Waals surface area contributed by atoms with Gasteiger partial charge in [-0.3, -0.25) is 0 Å². The van der Waals surface area contributed by atoms with Crippen molar-refractivity contribution in [3.8, 4) is 11.6 Å². The van der Waals surface area contributed by atoms with Crippen molar-refractivity contribution in [3.63, 3.8) is 0 Å². The lowest BCUT2D eigenvalue weighted by atomic mass is 10.2. The highest BCUT2D eigenvalue weighted by Gasteiger charge is 2.13. The Morgan fingerprint density at radius 1 is 1.13 bits per heavy atom. The Hall–Kier alpha value is -1.48. The van der Waals surface area contributed by atoms with Crippen LogP contribution in [-0.2, 0) is 0 Å². The van der Waals surface area contributed by atoms with Crippen molar-refractivity contribution in [1.29, 1.82) is 0 Å². The normalized spacial score (nSPS) is 10.3. The van der Waals surface area contributed by atoms with Crippen LogP contribution in [0.4, 0.5) is 0 Å². The molecule has 0 aliphatic rings. The minimum atomic E-state index is 0.382. The number of ether oxygens (including phenoxy) is 2. The van der Waals surface area contributed by atoms with Gasteiger partial charge < -0.3 is 9.47 Å². The molecule has 0 N–H and O–H groups in total. The first-order valence-corrected chi connectivity index (χ1v) is 4.82. The molecule has 0 radical (unpaired) electrons. The number of pyridine rings is 1. The maximum Gasteiger partial charge on any atom is 0.236 e. The average molecular weight is 224 g/mol. The smallest absolute Gasteiger partial charge is 0.236 e. The van der Waals surface area contributed by atoms with Crippen molar-refractivity contribution >= 4 is 22.5 Å². The highest BCUT2D eigenvalue weighted by Crippen LogP contribution is 2.37. The van der Waals surface area contributed by atoms with E-state index in [-0.39, 0.29) is 0 Å². The van der Waals surface area contributed by atoms with Crippen molar-refractivity contribution in [2.24, 2.45) is 0 Å². The van der Waals surface area contributed by atoms with Crippen LogP contribution in [0.3, 0.4) is 0 Å². The standard InChI is InChI=1S/C11H10ClNO2/c1-14-10-7-5-3-4-6-8(7)13-11(15-2)9(10)12/h3-6H,1-2H3. The SMILES string of the molecule is COc1nc2ccccc2c(OC)c1Cl. The van der Waals surface area contributed by atoms with Crippen molar-refractivity contribution in [2.75, 3.05) is 14.2 Å². The Bertz CT molecular complexity index is 499. The van der Waals surface area contributed by atoms with E-state index in [0.717, 1.165) is 10.9 Å². The lowest BCUT2D eigenvalue weighted by Crippen LogP contribution is -1.94. The molecule has 0 saturated carbocycles. The zero-order chi connectivity index (χ0) is 10.8. The van der Waals surface area contributed by atoms with Gasteiger partial charge in [0.25, 0.3) is 0 Å². The molecule has 2 aromatic rings. The number of methoxy groups -OCH3 is 2. The maximum absolute atomic E-state index is 6.08. The molecular formula is C11H10ClNO2. The van der Waals surface area contributed by atoms with Crippen LogP contribution >= 0.6 is 11.6 Å². The van der Waals surface area contributed by atoms with E-state index in [1.807, 2.05) is 24.3 Å². The van der Waals surface area contributed by atoms with Crippen LogP contribution in [0, 0.1) is 0 Å². The molecule has 0 aliphatic carbocycles. The van der Waals surface area contributed by atoms with Gasteiger partial charge in [-0.25, -0.2) is 4.98 Å². The van der Waals surface area contributed by atoms with Crippen LogP contribution in [-0.4, -0.2) is 19.2 Å². The molecule has 1 heterocycles. The lowest BCUT2D eigenvalue weighted by molar-refractivity contribution is 0.387. The molecule has 15 heavy (non-hydrogen) atoms. The fourth-order valence-electron chi connectivity index (χ4n) is 1.47. The number of hydrogen-bond acceptors (Lipinski definition) is 3. The summed E-state index contributed by atoms with van der Waals surface area (Å²) in [5.41, 5.74) is 0.801. The molecule has 4 heteroatoms. The largest absolute Gasteiger partial charge is 0.494 e. The second-order valence-electron chi connectivity index (χ2n) is 2.99. The summed E-state index contributed by atoms with van der Waals surface area (Å²) in [7, 11) is 3.11. The number of benzene rings is 1. The van der Waals surface area contributed by atoms with E-state index in [1.54, 1.807) is 7.11 Å². The average Bonchev–Trinajstić information content (AvgIpc) is 2.28. The molecule has 78 valence electrons. The van der Waals surface area contributed by atoms with E-state index in [1.165, 1.54) is 7.11 Å². The Balaban J connectivity index is 2.83. The summed E-state index contributed by atoms with van der Waals surface area (Å²) < 4.78 is 10.3. The zero-order valence-electron chi connectivity index (χ0n) is 8.45. The Morgan fingerprint density at radius 2 is 1.87 bits per heavy atom. The van der Waals surface area contributed by atoms with Gasteiger partial charge in [-0.1, -0.05) is 23.7 Å². The predicted octanol–water partition coefficient (Wildman–Crippen LogP) is 2.91. The highest BCUT2D eigenvalue weighted by molar-refractivity contribution is 6.34. The maximum atomic E-state index is 6.08. The van der Waals surface area contributed by atoms with E-state index in [4.69, 9.17) is 21.1 Å². The monoisotopic (exact) mass is 223 g/mol. The summed E-state index contributed by atoms with van der Waals surface area (Å²) in [5.74, 6) is 0.978. The molecule has 3 nitrogen and oxygen atoms in total. The van der Waals surface area contributed by atoms with Gasteiger partial charge in [-0.05, 0) is 12.1 Å². The molecule has 0 spiro atoms. The minimum absolute atomic E-state index is 0.382. The Morgan fingerprint density at radius 3 is 2.53 bits per heavy atom. The van der Waals surface area contributed by atoms with Crippen LogP contribution in [0.1, 0.15) is 0 Å². The fourth-order valence-corrected chi connectivity index (χ4v) is 1.77. The van der Waals surface area contributed by atoms with E-state index in [0.29, 0.717) is 16.7 Å². The van der Waals surface area contributed by atoms with E-state index in [2.05, 4.69) is 4.98 Å². The van der Waals surface area contributed by atoms with Crippen molar-refractivity contribution in [2.45, 2.75) is 0 Å². The number of aromatic nitrogens is 1. The fraction of sp³-hybridized carbons (Fsp3) is 0.182. The highest BCUT2D eigenvalue weighted by atomic mass is 35.5. The molecule has 0 saturated heterocycles. The second kappa shape index (κ2) is 3.95. The predicted molar refractivity (Wildman–Crippen MR) is 59.9 cm³/mol. The molecule has 0 aliphatic heterocycles. The van der Waals surface area contributed by atoms with Gasteiger partial charge in [0, 0.05) is 5.39 Å². The number of fused-ring (bicyclic) bond motifs is 1. The van der Waals surface area contributed by atoms with Gasteiger partial charge in [0.05, 0.1) is 19.7 Å². The van der Waals surface area contributed by atoms with Crippen molar-refractivity contribution in [3.05, 3.63) is 29.3 Å². The van der Waals surface area contributed by atoms with Gasteiger partial charge in [0.1, 0.15) is 5.02 Å². The van der Waals surface area contributed by atoms with Gasteiger partial charge in [0.15, 0.2) is 5.75 Å². The summed E-state index contributed by atoms with van der Waals surface area (Å²) in [5, 5.41) is 1.28. The molecule has 1 aromatic heterocycles. The molecule has 0 bridgehead atoms. The van der Waals surface area contributed by atoms with Crippen LogP contribution in [0.5, 0.6) is 11.6 Å². The van der Waals surface area contributed by atoms with Gasteiger partial charge in [0.2, 0.25) is 5.88 Å². The van der Waals surface area contributed by atoms with E-state index >= 15 is 0 Å². The van der Waals surface area contributed by atoms with Crippen LogP contribution in [0.15, 0.2) is 24.3 Å². The third kappa shape index (κ3) is 1.59. The van der Waals surface area contributed by atoms with Gasteiger partial charge in [-0.15, -0.1) is 0 Å². The molecule has 0 fully saturated rings. The summed E-state index contributed by atoms with van der Waals surface area (Å²) in [6.45, 7) is 0. The number of nitrogens with zero attached hydrogens (tertiary/aromatic N) is 1. The zero-order valence-corrected chi connectivity index (χ0v) is 9.21. The minimum Gasteiger partial charge on any atom is -0.494 e. The summed E-state index contributed by atoms with van der Waals surface area (Å²) in [4.78, 5) is 4.27. The molecule has 0 atom stereocenters. The Kier molecular flexibility index (Phi) is 2.64. The number of halogens is 1. The third-order valence-electron chi connectivity index (χ3n) is 2.16. The molecular weight excluding hydrogens is 214 g/mol. The first kappa shape index (κ1) is 10.1. The van der Waals surface area contributed by atoms with Gasteiger partial charge in [-0.2, -0.15) is 0 Å². The van der Waals surface area contributed by atoms with Crippen LogP contribution < -0.4 is 9.47 Å². The summed E-state index contributed by atoms with van der Waals surface area (Å²) in [6.07, 6.45) is 0. The van der Waals surface area contributed by atoms with E-state index < -0.39 is 0 Å². The van der Waals surface area contributed by atoms with E-state index in [9.17, 15) is 0 Å². The van der Waals surface area contributed by atoms with Crippen molar-refractivity contribution < 1.29 is 9.47 Å². The first-order valence-electron chi connectivity index (χ1n) is 4.44. The van der Waals surface area contributed by atoms with Gasteiger partial charge >= 0.3 is 0 Å². The molecule has 0 amide bonds. The topological polar surface area (TPSA) is 31.4 Å². The third-order valence-corrected chi connectivity index (χ3v) is 2.49. The quantitative estimate of drug-likeness (QED) is 0.785. The lowest BCUT2D eigenvalue weighted by Gasteiger charge is -2.10. The Labute approximate surface area is 92.6 Å². The van der Waals surface area contributed by atoms with Crippen LogP contribution in [0.2, 0.25) is 5.02 Å². The number of hydrogen-bond donors (Lipinski definition) is 0. The van der Waals surface area contributed by atoms with Crippen molar-refractivity contribution in [1.82, 2.24) is 4.98 Å². The molecule has 1 aromatic carbocycles. The molecule has 0 unspecified atom stereocenters. The number of para-hydroxylation sites is 1. The number of rotatable bonds is 2. The second-order valence-corrected chi connectivity index (χ2v) is 3.36. The summed E-state index contributed by atoms with van der Waals surface area (Å²) >= 11 is 6.08. The first-order chi connectivity index (χ1) is 7.27. The molecule has 2 rings (SSSR count). The van der Waals surface area contributed by atoms with Crippen LogP contribution in [0.25, 0.3) is 10.9 Å². The summed E-state index contributed by atoms with van der Waals surface area (Å²) in [6, 6.07) is 7.61.